The molecule has 1 N–H and O–H groups in total. The first-order chi connectivity index (χ1) is 9.33. The van der Waals surface area contributed by atoms with Crippen molar-refractivity contribution in [2.45, 2.75) is 19.3 Å². The molecule has 1 aromatic rings. The standard InChI is InChI=1S/C14H17N3OS.BrH/c18-12-6-4-11(5-7-12)13-10-19-14(16-15-13)17-8-2-1-3-9-17;/h4-7,18H,1-3,8-10H2;1H. The Hall–Kier alpha value is -1.01. The molecule has 2 aliphatic rings. The van der Waals surface area contributed by atoms with E-state index in [0.29, 0.717) is 0 Å². The van der Waals surface area contributed by atoms with Crippen molar-refractivity contribution in [1.29, 1.82) is 0 Å². The summed E-state index contributed by atoms with van der Waals surface area (Å²) in [4.78, 5) is 2.34. The molecule has 0 spiro atoms. The van der Waals surface area contributed by atoms with Crippen molar-refractivity contribution >= 4 is 39.6 Å². The maximum atomic E-state index is 9.29. The molecule has 1 saturated heterocycles. The molecule has 1 aromatic carbocycles. The van der Waals surface area contributed by atoms with Crippen LogP contribution in [0.15, 0.2) is 34.5 Å². The average molecular weight is 356 g/mol. The van der Waals surface area contributed by atoms with Gasteiger partial charge in [-0.25, -0.2) is 0 Å². The molecule has 0 unspecified atom stereocenters. The molecule has 6 heteroatoms. The van der Waals surface area contributed by atoms with Crippen LogP contribution >= 0.6 is 28.7 Å². The molecule has 20 heavy (non-hydrogen) atoms. The third-order valence-corrected chi connectivity index (χ3v) is 4.44. The molecule has 0 atom stereocenters. The predicted molar refractivity (Wildman–Crippen MR) is 90.3 cm³/mol. The molecule has 2 aliphatic heterocycles. The maximum absolute atomic E-state index is 9.29. The quantitative estimate of drug-likeness (QED) is 0.840. The van der Waals surface area contributed by atoms with Gasteiger partial charge < -0.3 is 10.0 Å². The molecule has 108 valence electrons. The highest BCUT2D eigenvalue weighted by Crippen LogP contribution is 2.22. The van der Waals surface area contributed by atoms with Gasteiger partial charge in [0.05, 0.1) is 5.71 Å². The van der Waals surface area contributed by atoms with Gasteiger partial charge in [0, 0.05) is 18.8 Å². The van der Waals surface area contributed by atoms with E-state index in [9.17, 15) is 5.11 Å². The summed E-state index contributed by atoms with van der Waals surface area (Å²) in [6, 6.07) is 7.14. The predicted octanol–water partition coefficient (Wildman–Crippen LogP) is 3.26. The van der Waals surface area contributed by atoms with E-state index in [1.807, 2.05) is 12.1 Å². The van der Waals surface area contributed by atoms with Crippen molar-refractivity contribution in [2.24, 2.45) is 10.2 Å². The van der Waals surface area contributed by atoms with Crippen LogP contribution in [0.3, 0.4) is 0 Å². The number of aromatic hydroxyl groups is 1. The van der Waals surface area contributed by atoms with E-state index < -0.39 is 0 Å². The van der Waals surface area contributed by atoms with Crippen LogP contribution < -0.4 is 0 Å². The number of rotatable bonds is 1. The number of likely N-dealkylation sites (tertiary alicyclic amines) is 1. The van der Waals surface area contributed by atoms with Gasteiger partial charge in [0.1, 0.15) is 5.75 Å². The Morgan fingerprint density at radius 3 is 2.30 bits per heavy atom. The number of amidine groups is 1. The normalized spacial score (nSPS) is 18.9. The lowest BCUT2D eigenvalue weighted by Gasteiger charge is -2.29. The third kappa shape index (κ3) is 3.55. The van der Waals surface area contributed by atoms with E-state index in [1.165, 1.54) is 19.3 Å². The SMILES string of the molecule is Br.Oc1ccc(C2=NN=C(N3CCCCC3)SC2)cc1. The fourth-order valence-electron chi connectivity index (χ4n) is 2.33. The first kappa shape index (κ1) is 15.4. The highest BCUT2D eigenvalue weighted by molar-refractivity contribution is 8.93. The van der Waals surface area contributed by atoms with Gasteiger partial charge in [0.25, 0.3) is 0 Å². The van der Waals surface area contributed by atoms with Crippen LogP contribution in [0.4, 0.5) is 0 Å². The highest BCUT2D eigenvalue weighted by Gasteiger charge is 2.19. The topological polar surface area (TPSA) is 48.2 Å². The second-order valence-electron chi connectivity index (χ2n) is 4.81. The minimum Gasteiger partial charge on any atom is -0.508 e. The monoisotopic (exact) mass is 355 g/mol. The number of piperidine rings is 1. The molecule has 0 amide bonds. The molecule has 0 radical (unpaired) electrons. The van der Waals surface area contributed by atoms with Gasteiger partial charge in [0.2, 0.25) is 0 Å². The molecule has 0 aliphatic carbocycles. The second-order valence-corrected chi connectivity index (χ2v) is 5.76. The lowest BCUT2D eigenvalue weighted by Crippen LogP contribution is -2.35. The zero-order valence-electron chi connectivity index (χ0n) is 11.2. The second kappa shape index (κ2) is 7.13. The fraction of sp³-hybridized carbons (Fsp3) is 0.429. The molecule has 0 aromatic heterocycles. The molecular formula is C14H18BrN3OS. The summed E-state index contributed by atoms with van der Waals surface area (Å²) in [5.74, 6) is 1.13. The largest absolute Gasteiger partial charge is 0.508 e. The van der Waals surface area contributed by atoms with Crippen LogP contribution in [0, 0.1) is 0 Å². The first-order valence-electron chi connectivity index (χ1n) is 6.64. The van der Waals surface area contributed by atoms with Gasteiger partial charge in [-0.3, -0.25) is 0 Å². The minimum atomic E-state index is 0. The van der Waals surface area contributed by atoms with Crippen molar-refractivity contribution in [1.82, 2.24) is 4.90 Å². The van der Waals surface area contributed by atoms with Crippen LogP contribution in [-0.4, -0.2) is 39.7 Å². The van der Waals surface area contributed by atoms with Crippen LogP contribution in [0.25, 0.3) is 0 Å². The zero-order valence-corrected chi connectivity index (χ0v) is 13.7. The molecule has 2 heterocycles. The molecule has 4 nitrogen and oxygen atoms in total. The van der Waals surface area contributed by atoms with Crippen LogP contribution in [0.2, 0.25) is 0 Å². The van der Waals surface area contributed by atoms with Crippen molar-refractivity contribution in [3.63, 3.8) is 0 Å². The maximum Gasteiger partial charge on any atom is 0.186 e. The van der Waals surface area contributed by atoms with Gasteiger partial charge >= 0.3 is 0 Å². The molecule has 1 fully saturated rings. The lowest BCUT2D eigenvalue weighted by molar-refractivity contribution is 0.347. The van der Waals surface area contributed by atoms with E-state index in [1.54, 1.807) is 23.9 Å². The number of benzene rings is 1. The average Bonchev–Trinajstić information content (AvgIpc) is 2.49. The smallest absolute Gasteiger partial charge is 0.186 e. The Kier molecular flexibility index (Phi) is 5.48. The summed E-state index contributed by atoms with van der Waals surface area (Å²) < 4.78 is 0. The van der Waals surface area contributed by atoms with E-state index in [4.69, 9.17) is 0 Å². The lowest BCUT2D eigenvalue weighted by atomic mass is 10.1. The van der Waals surface area contributed by atoms with Crippen LogP contribution in [0.5, 0.6) is 5.75 Å². The highest BCUT2D eigenvalue weighted by atomic mass is 79.9. The molecule has 0 saturated carbocycles. The number of thioether (sulfide) groups is 1. The van der Waals surface area contributed by atoms with Gasteiger partial charge in [0.15, 0.2) is 5.17 Å². The fourth-order valence-corrected chi connectivity index (χ4v) is 3.28. The van der Waals surface area contributed by atoms with E-state index in [-0.39, 0.29) is 22.7 Å². The van der Waals surface area contributed by atoms with Gasteiger partial charge in [-0.05, 0) is 49.1 Å². The Bertz CT molecular complexity index is 510. The van der Waals surface area contributed by atoms with Crippen molar-refractivity contribution in [3.8, 4) is 5.75 Å². The number of phenols is 1. The zero-order chi connectivity index (χ0) is 13.1. The van der Waals surface area contributed by atoms with Crippen molar-refractivity contribution in [3.05, 3.63) is 29.8 Å². The molecule has 3 rings (SSSR count). The van der Waals surface area contributed by atoms with Gasteiger partial charge in [-0.1, -0.05) is 11.8 Å². The summed E-state index contributed by atoms with van der Waals surface area (Å²) in [6.07, 6.45) is 3.85. The van der Waals surface area contributed by atoms with E-state index in [2.05, 4.69) is 15.1 Å². The summed E-state index contributed by atoms with van der Waals surface area (Å²) in [5.41, 5.74) is 2.01. The number of hydrogen-bond acceptors (Lipinski definition) is 5. The summed E-state index contributed by atoms with van der Waals surface area (Å²) in [5, 5.41) is 19.1. The summed E-state index contributed by atoms with van der Waals surface area (Å²) in [7, 11) is 0. The van der Waals surface area contributed by atoms with E-state index in [0.717, 1.165) is 35.3 Å². The number of nitrogens with zero attached hydrogens (tertiary/aromatic N) is 3. The van der Waals surface area contributed by atoms with Gasteiger partial charge in [-0.2, -0.15) is 5.10 Å². The number of halogens is 1. The van der Waals surface area contributed by atoms with Crippen LogP contribution in [0.1, 0.15) is 24.8 Å². The summed E-state index contributed by atoms with van der Waals surface area (Å²) in [6.45, 7) is 2.21. The Labute approximate surface area is 133 Å². The third-order valence-electron chi connectivity index (χ3n) is 3.42. The minimum absolute atomic E-state index is 0. The first-order valence-corrected chi connectivity index (χ1v) is 7.63. The summed E-state index contributed by atoms with van der Waals surface area (Å²) >= 11 is 1.76. The van der Waals surface area contributed by atoms with Crippen molar-refractivity contribution < 1.29 is 5.11 Å². The number of phenolic OH excluding ortho intramolecular Hbond substituents is 1. The Morgan fingerprint density at radius 2 is 1.70 bits per heavy atom. The Morgan fingerprint density at radius 1 is 1.00 bits per heavy atom. The molecule has 0 bridgehead atoms. The van der Waals surface area contributed by atoms with Gasteiger partial charge in [-0.15, -0.1) is 22.1 Å². The Balaban J connectivity index is 0.00000147. The number of hydrogen-bond donors (Lipinski definition) is 1. The van der Waals surface area contributed by atoms with E-state index >= 15 is 0 Å². The van der Waals surface area contributed by atoms with Crippen LogP contribution in [-0.2, 0) is 0 Å². The van der Waals surface area contributed by atoms with Crippen molar-refractivity contribution in [2.75, 3.05) is 18.8 Å². The molecular weight excluding hydrogens is 338 g/mol.